The Kier molecular flexibility index (Phi) is 3.66. The molecule has 2 aromatic rings. The zero-order valence-corrected chi connectivity index (χ0v) is 12.5. The number of thiophene rings is 1. The molecule has 0 saturated carbocycles. The minimum absolute atomic E-state index is 0.207. The molecule has 1 aromatic heterocycles. The Hall–Kier alpha value is -0.830. The van der Waals surface area contributed by atoms with E-state index in [2.05, 4.69) is 24.3 Å². The van der Waals surface area contributed by atoms with Crippen molar-refractivity contribution in [2.24, 2.45) is 0 Å². The molecule has 2 unspecified atom stereocenters. The van der Waals surface area contributed by atoms with Crippen molar-refractivity contribution in [3.63, 3.8) is 0 Å². The molecule has 0 bridgehead atoms. The van der Waals surface area contributed by atoms with Crippen LogP contribution in [0.1, 0.15) is 46.4 Å². The third kappa shape index (κ3) is 2.45. The average Bonchev–Trinajstić information content (AvgIpc) is 2.77. The topological polar surface area (TPSA) is 20.2 Å². The minimum Gasteiger partial charge on any atom is -0.387 e. The molecule has 3 rings (SSSR count). The second-order valence-electron chi connectivity index (χ2n) is 5.25. The molecule has 3 heteroatoms. The summed E-state index contributed by atoms with van der Waals surface area (Å²) >= 11 is 7.63. The zero-order chi connectivity index (χ0) is 13.4. The van der Waals surface area contributed by atoms with E-state index >= 15 is 0 Å². The number of aliphatic hydroxyl groups excluding tert-OH is 1. The van der Waals surface area contributed by atoms with Crippen LogP contribution in [0.25, 0.3) is 0 Å². The largest absolute Gasteiger partial charge is 0.387 e. The van der Waals surface area contributed by atoms with Crippen LogP contribution in [0.4, 0.5) is 0 Å². The predicted molar refractivity (Wildman–Crippen MR) is 81.1 cm³/mol. The quantitative estimate of drug-likeness (QED) is 0.838. The van der Waals surface area contributed by atoms with Crippen molar-refractivity contribution in [1.29, 1.82) is 0 Å². The van der Waals surface area contributed by atoms with E-state index in [9.17, 15) is 5.11 Å². The molecule has 0 spiro atoms. The van der Waals surface area contributed by atoms with Crippen LogP contribution in [0.2, 0.25) is 4.34 Å². The van der Waals surface area contributed by atoms with Gasteiger partial charge in [0, 0.05) is 10.8 Å². The maximum Gasteiger partial charge on any atom is 0.0961 e. The number of aryl methyl sites for hydroxylation is 2. The molecule has 1 aromatic carbocycles. The normalized spacial score (nSPS) is 20.1. The Morgan fingerprint density at radius 2 is 2.16 bits per heavy atom. The number of fused-ring (bicyclic) bond motifs is 1. The lowest BCUT2D eigenvalue weighted by molar-refractivity contribution is 0.139. The molecule has 1 heterocycles. The van der Waals surface area contributed by atoms with E-state index in [1.807, 2.05) is 13.0 Å². The van der Waals surface area contributed by atoms with Crippen LogP contribution < -0.4 is 0 Å². The van der Waals surface area contributed by atoms with E-state index in [4.69, 9.17) is 11.6 Å². The molecule has 2 atom stereocenters. The fourth-order valence-electron chi connectivity index (χ4n) is 2.95. The average molecular weight is 293 g/mol. The van der Waals surface area contributed by atoms with Gasteiger partial charge in [0.2, 0.25) is 0 Å². The Bertz CT molecular complexity index is 571. The van der Waals surface area contributed by atoms with E-state index in [1.165, 1.54) is 22.5 Å². The van der Waals surface area contributed by atoms with E-state index in [1.54, 1.807) is 0 Å². The highest BCUT2D eigenvalue weighted by molar-refractivity contribution is 7.16. The predicted octanol–water partition coefficient (Wildman–Crippen LogP) is 4.86. The molecule has 0 fully saturated rings. The minimum atomic E-state index is -0.433. The molecule has 0 aliphatic heterocycles. The molecule has 1 aliphatic rings. The number of hydrogen-bond donors (Lipinski definition) is 1. The van der Waals surface area contributed by atoms with Gasteiger partial charge in [0.1, 0.15) is 0 Å². The van der Waals surface area contributed by atoms with Gasteiger partial charge in [0.15, 0.2) is 0 Å². The van der Waals surface area contributed by atoms with Gasteiger partial charge in [-0.3, -0.25) is 0 Å². The maximum atomic E-state index is 10.7. The fourth-order valence-corrected chi connectivity index (χ4v) is 4.22. The van der Waals surface area contributed by atoms with Gasteiger partial charge >= 0.3 is 0 Å². The van der Waals surface area contributed by atoms with Gasteiger partial charge in [0.25, 0.3) is 0 Å². The molecule has 1 nitrogen and oxygen atoms in total. The Labute approximate surface area is 122 Å². The number of hydrogen-bond acceptors (Lipinski definition) is 2. The van der Waals surface area contributed by atoms with Crippen molar-refractivity contribution < 1.29 is 5.11 Å². The number of aliphatic hydroxyl groups is 1. The number of benzene rings is 1. The van der Waals surface area contributed by atoms with E-state index < -0.39 is 6.10 Å². The Morgan fingerprint density at radius 1 is 1.37 bits per heavy atom. The van der Waals surface area contributed by atoms with E-state index in [-0.39, 0.29) is 5.92 Å². The molecular weight excluding hydrogens is 276 g/mol. The lowest BCUT2D eigenvalue weighted by atomic mass is 9.79. The van der Waals surface area contributed by atoms with Crippen LogP contribution in [-0.4, -0.2) is 5.11 Å². The summed E-state index contributed by atoms with van der Waals surface area (Å²) in [5, 5.41) is 10.7. The van der Waals surface area contributed by atoms with Gasteiger partial charge in [-0.25, -0.2) is 0 Å². The molecule has 0 amide bonds. The molecule has 1 aliphatic carbocycles. The van der Waals surface area contributed by atoms with Crippen molar-refractivity contribution in [2.45, 2.75) is 38.2 Å². The standard InChI is InChI=1S/C16H17ClOS/c1-10-9-14(19-16(10)17)15(18)13-8-4-6-11-5-2-3-7-12(11)13/h2-3,5,7,9,13,15,18H,4,6,8H2,1H3. The van der Waals surface area contributed by atoms with E-state index in [0.717, 1.165) is 34.0 Å². The fraction of sp³-hybridized carbons (Fsp3) is 0.375. The first kappa shape index (κ1) is 13.2. The first-order valence-corrected chi connectivity index (χ1v) is 7.88. The van der Waals surface area contributed by atoms with Crippen LogP contribution in [0.5, 0.6) is 0 Å². The summed E-state index contributed by atoms with van der Waals surface area (Å²) in [7, 11) is 0. The van der Waals surface area contributed by atoms with Crippen molar-refractivity contribution in [1.82, 2.24) is 0 Å². The van der Waals surface area contributed by atoms with Crippen molar-refractivity contribution in [3.8, 4) is 0 Å². The number of halogens is 1. The van der Waals surface area contributed by atoms with Crippen LogP contribution >= 0.6 is 22.9 Å². The van der Waals surface area contributed by atoms with Crippen molar-refractivity contribution in [2.75, 3.05) is 0 Å². The summed E-state index contributed by atoms with van der Waals surface area (Å²) in [6, 6.07) is 10.5. The molecule has 1 N–H and O–H groups in total. The Balaban J connectivity index is 1.95. The van der Waals surface area contributed by atoms with Gasteiger partial charge in [-0.2, -0.15) is 0 Å². The summed E-state index contributed by atoms with van der Waals surface area (Å²) in [5.41, 5.74) is 3.76. The zero-order valence-electron chi connectivity index (χ0n) is 10.9. The summed E-state index contributed by atoms with van der Waals surface area (Å²) in [4.78, 5) is 0.990. The van der Waals surface area contributed by atoms with Crippen LogP contribution in [-0.2, 0) is 6.42 Å². The van der Waals surface area contributed by atoms with Crippen LogP contribution in [0.3, 0.4) is 0 Å². The Morgan fingerprint density at radius 3 is 2.89 bits per heavy atom. The first-order valence-electron chi connectivity index (χ1n) is 6.68. The summed E-state index contributed by atoms with van der Waals surface area (Å²) in [6.07, 6.45) is 2.89. The highest BCUT2D eigenvalue weighted by Crippen LogP contribution is 2.43. The maximum absolute atomic E-state index is 10.7. The second-order valence-corrected chi connectivity index (χ2v) is 6.93. The number of rotatable bonds is 2. The third-order valence-corrected chi connectivity index (χ3v) is 5.59. The van der Waals surface area contributed by atoms with Gasteiger partial charge in [-0.1, -0.05) is 35.9 Å². The lowest BCUT2D eigenvalue weighted by Gasteiger charge is -2.29. The van der Waals surface area contributed by atoms with Gasteiger partial charge in [0.05, 0.1) is 10.4 Å². The molecular formula is C16H17ClOS. The van der Waals surface area contributed by atoms with Crippen LogP contribution in [0, 0.1) is 6.92 Å². The van der Waals surface area contributed by atoms with Crippen molar-refractivity contribution in [3.05, 3.63) is 56.2 Å². The molecule has 19 heavy (non-hydrogen) atoms. The lowest BCUT2D eigenvalue weighted by Crippen LogP contribution is -2.16. The second kappa shape index (κ2) is 5.28. The van der Waals surface area contributed by atoms with Gasteiger partial charge in [-0.15, -0.1) is 11.3 Å². The molecule has 100 valence electrons. The SMILES string of the molecule is Cc1cc(C(O)C2CCCc3ccccc32)sc1Cl. The third-order valence-electron chi connectivity index (χ3n) is 3.96. The molecule has 0 radical (unpaired) electrons. The summed E-state index contributed by atoms with van der Waals surface area (Å²) in [6.45, 7) is 1.99. The first-order chi connectivity index (χ1) is 9.16. The van der Waals surface area contributed by atoms with Crippen LogP contribution in [0.15, 0.2) is 30.3 Å². The van der Waals surface area contributed by atoms with Gasteiger partial charge < -0.3 is 5.11 Å². The summed E-state index contributed by atoms with van der Waals surface area (Å²) in [5.74, 6) is 0.207. The van der Waals surface area contributed by atoms with E-state index in [0.29, 0.717) is 0 Å². The highest BCUT2D eigenvalue weighted by Gasteiger charge is 2.28. The monoisotopic (exact) mass is 292 g/mol. The molecule has 0 saturated heterocycles. The smallest absolute Gasteiger partial charge is 0.0961 e. The van der Waals surface area contributed by atoms with Gasteiger partial charge in [-0.05, 0) is 48.9 Å². The van der Waals surface area contributed by atoms with Crippen molar-refractivity contribution >= 4 is 22.9 Å². The summed E-state index contributed by atoms with van der Waals surface area (Å²) < 4.78 is 0.790. The highest BCUT2D eigenvalue weighted by atomic mass is 35.5.